The van der Waals surface area contributed by atoms with Crippen LogP contribution in [-0.4, -0.2) is 23.3 Å². The summed E-state index contributed by atoms with van der Waals surface area (Å²) >= 11 is 5.90. The number of urea groups is 1. The van der Waals surface area contributed by atoms with E-state index in [4.69, 9.17) is 16.3 Å². The number of hydrazone groups is 1. The molecule has 5 nitrogen and oxygen atoms in total. The fourth-order valence-corrected chi connectivity index (χ4v) is 4.06. The van der Waals surface area contributed by atoms with E-state index in [9.17, 15) is 13.6 Å². The van der Waals surface area contributed by atoms with Gasteiger partial charge in [-0.3, -0.25) is 0 Å². The number of amides is 2. The van der Waals surface area contributed by atoms with Gasteiger partial charge < -0.3 is 10.1 Å². The van der Waals surface area contributed by atoms with Gasteiger partial charge in [-0.1, -0.05) is 41.9 Å². The number of anilines is 1. The summed E-state index contributed by atoms with van der Waals surface area (Å²) in [7, 11) is 0. The Morgan fingerprint density at radius 3 is 2.19 bits per heavy atom. The van der Waals surface area contributed by atoms with Crippen LogP contribution in [0, 0.1) is 11.6 Å². The Bertz CT molecular complexity index is 1410. The Kier molecular flexibility index (Phi) is 6.64. The number of halogens is 3. The number of hydrogen-bond acceptors (Lipinski definition) is 3. The predicted octanol–water partition coefficient (Wildman–Crippen LogP) is 7.45. The van der Waals surface area contributed by atoms with Crippen LogP contribution in [0.15, 0.2) is 102 Å². The Hall–Kier alpha value is -4.23. The third-order valence-corrected chi connectivity index (χ3v) is 5.98. The molecule has 0 fully saturated rings. The summed E-state index contributed by atoms with van der Waals surface area (Å²) in [5.41, 5.74) is 1.97. The summed E-state index contributed by atoms with van der Waals surface area (Å²) in [6.07, 6.45) is 0. The molecule has 5 rings (SSSR count). The molecule has 1 unspecified atom stereocenters. The highest BCUT2D eigenvalue weighted by Gasteiger charge is 2.33. The molecule has 4 aromatic carbocycles. The van der Waals surface area contributed by atoms with Crippen LogP contribution < -0.4 is 10.1 Å². The topological polar surface area (TPSA) is 53.9 Å². The molecule has 0 aromatic heterocycles. The Labute approximate surface area is 211 Å². The smallest absolute Gasteiger partial charge is 0.342 e. The van der Waals surface area contributed by atoms with Gasteiger partial charge in [0, 0.05) is 22.2 Å². The average molecular weight is 504 g/mol. The molecular weight excluding hydrogens is 484 g/mol. The van der Waals surface area contributed by atoms with Gasteiger partial charge in [0.1, 0.15) is 23.1 Å². The van der Waals surface area contributed by atoms with Crippen LogP contribution in [0.5, 0.6) is 11.5 Å². The maximum Gasteiger partial charge on any atom is 0.342 e. The predicted molar refractivity (Wildman–Crippen MR) is 136 cm³/mol. The summed E-state index contributed by atoms with van der Waals surface area (Å²) in [6, 6.07) is 25.6. The quantitative estimate of drug-likeness (QED) is 0.307. The molecule has 1 N–H and O–H groups in total. The maximum absolute atomic E-state index is 14.6. The number of benzene rings is 4. The number of rotatable bonds is 5. The van der Waals surface area contributed by atoms with E-state index in [0.29, 0.717) is 33.5 Å². The Morgan fingerprint density at radius 1 is 0.889 bits per heavy atom. The van der Waals surface area contributed by atoms with Gasteiger partial charge in [-0.25, -0.2) is 18.6 Å². The van der Waals surface area contributed by atoms with Gasteiger partial charge in [-0.2, -0.15) is 5.10 Å². The summed E-state index contributed by atoms with van der Waals surface area (Å²) in [6.45, 7) is 0.179. The molecule has 0 spiro atoms. The van der Waals surface area contributed by atoms with E-state index >= 15 is 0 Å². The molecule has 0 saturated carbocycles. The lowest BCUT2D eigenvalue weighted by Crippen LogP contribution is -2.30. The molecule has 36 heavy (non-hydrogen) atoms. The van der Waals surface area contributed by atoms with Crippen molar-refractivity contribution in [1.29, 1.82) is 0 Å². The minimum Gasteiger partial charge on any atom is -0.457 e. The highest BCUT2D eigenvalue weighted by Crippen LogP contribution is 2.31. The van der Waals surface area contributed by atoms with Gasteiger partial charge in [-0.15, -0.1) is 0 Å². The normalized spacial score (nSPS) is 14.9. The highest BCUT2D eigenvalue weighted by molar-refractivity contribution is 6.30. The zero-order valence-corrected chi connectivity index (χ0v) is 19.6. The molecule has 0 aliphatic carbocycles. The average Bonchev–Trinajstić information content (AvgIpc) is 3.33. The second-order valence-electron chi connectivity index (χ2n) is 8.16. The van der Waals surface area contributed by atoms with Crippen molar-refractivity contribution in [3.05, 3.63) is 125 Å². The van der Waals surface area contributed by atoms with Gasteiger partial charge >= 0.3 is 6.03 Å². The molecule has 1 aliphatic heterocycles. The SMILES string of the molecule is O=C(Nc1ccc(Oc2ccc(Cl)cc2)cc1)N1CC(c2ccc(F)cc2)C(c2ccccc2F)=N1. The summed E-state index contributed by atoms with van der Waals surface area (Å²) in [5, 5.41) is 9.12. The van der Waals surface area contributed by atoms with E-state index < -0.39 is 17.8 Å². The van der Waals surface area contributed by atoms with Crippen molar-refractivity contribution in [2.24, 2.45) is 5.10 Å². The molecule has 180 valence electrons. The van der Waals surface area contributed by atoms with Crippen molar-refractivity contribution in [3.8, 4) is 11.5 Å². The number of ether oxygens (including phenoxy) is 1. The summed E-state index contributed by atoms with van der Waals surface area (Å²) < 4.78 is 33.9. The molecule has 0 saturated heterocycles. The monoisotopic (exact) mass is 503 g/mol. The van der Waals surface area contributed by atoms with Crippen LogP contribution >= 0.6 is 11.6 Å². The lowest BCUT2D eigenvalue weighted by atomic mass is 9.90. The first-order valence-corrected chi connectivity index (χ1v) is 11.5. The number of carbonyl (C=O) groups is 1. The molecule has 8 heteroatoms. The zero-order chi connectivity index (χ0) is 25.1. The largest absolute Gasteiger partial charge is 0.457 e. The van der Waals surface area contributed by atoms with Crippen molar-refractivity contribution < 1.29 is 18.3 Å². The summed E-state index contributed by atoms with van der Waals surface area (Å²) in [5.74, 6) is -0.00709. The number of nitrogens with one attached hydrogen (secondary N) is 1. The lowest BCUT2D eigenvalue weighted by Gasteiger charge is -2.16. The van der Waals surface area contributed by atoms with E-state index in [1.807, 2.05) is 0 Å². The van der Waals surface area contributed by atoms with E-state index in [1.165, 1.54) is 23.2 Å². The highest BCUT2D eigenvalue weighted by atomic mass is 35.5. The fourth-order valence-electron chi connectivity index (χ4n) is 3.93. The van der Waals surface area contributed by atoms with Crippen LogP contribution in [0.25, 0.3) is 0 Å². The minimum absolute atomic E-state index is 0.179. The van der Waals surface area contributed by atoms with E-state index in [0.717, 1.165) is 5.56 Å². The zero-order valence-electron chi connectivity index (χ0n) is 18.9. The fraction of sp³-hybridized carbons (Fsp3) is 0.0714. The van der Waals surface area contributed by atoms with E-state index in [2.05, 4.69) is 10.4 Å². The minimum atomic E-state index is -0.472. The van der Waals surface area contributed by atoms with Crippen LogP contribution in [-0.2, 0) is 0 Å². The molecule has 1 heterocycles. The molecular formula is C28H20ClF2N3O2. The first-order valence-electron chi connectivity index (χ1n) is 11.2. The van der Waals surface area contributed by atoms with Gasteiger partial charge in [0.15, 0.2) is 0 Å². The second kappa shape index (κ2) is 10.2. The number of carbonyl (C=O) groups excluding carboxylic acids is 1. The Balaban J connectivity index is 1.33. The molecule has 4 aromatic rings. The van der Waals surface area contributed by atoms with Crippen molar-refractivity contribution in [3.63, 3.8) is 0 Å². The molecule has 1 aliphatic rings. The molecule has 0 radical (unpaired) electrons. The van der Waals surface area contributed by atoms with Crippen molar-refractivity contribution in [2.75, 3.05) is 11.9 Å². The number of hydrogen-bond donors (Lipinski definition) is 1. The second-order valence-corrected chi connectivity index (χ2v) is 8.60. The molecule has 2 amide bonds. The Morgan fingerprint density at radius 2 is 1.53 bits per heavy atom. The van der Waals surface area contributed by atoms with Gasteiger partial charge in [-0.05, 0) is 72.3 Å². The van der Waals surface area contributed by atoms with Gasteiger partial charge in [0.05, 0.1) is 12.3 Å². The maximum atomic E-state index is 14.6. The summed E-state index contributed by atoms with van der Waals surface area (Å²) in [4.78, 5) is 13.0. The molecule has 0 bridgehead atoms. The standard InChI is InChI=1S/C28H20ClF2N3O2/c29-19-7-13-22(14-8-19)36-23-15-11-21(12-16-23)32-28(35)34-17-25(18-5-9-20(30)10-6-18)27(33-34)24-3-1-2-4-26(24)31/h1-16,25H,17H2,(H,32,35). The first kappa shape index (κ1) is 23.5. The van der Waals surface area contributed by atoms with Crippen molar-refractivity contribution in [2.45, 2.75) is 5.92 Å². The van der Waals surface area contributed by atoms with Gasteiger partial charge in [0.25, 0.3) is 0 Å². The van der Waals surface area contributed by atoms with Crippen molar-refractivity contribution in [1.82, 2.24) is 5.01 Å². The third kappa shape index (κ3) is 5.21. The van der Waals surface area contributed by atoms with Crippen LogP contribution in [0.1, 0.15) is 17.0 Å². The third-order valence-electron chi connectivity index (χ3n) is 5.73. The molecule has 1 atom stereocenters. The van der Waals surface area contributed by atoms with Crippen LogP contribution in [0.4, 0.5) is 19.3 Å². The van der Waals surface area contributed by atoms with Crippen LogP contribution in [0.3, 0.4) is 0 Å². The van der Waals surface area contributed by atoms with E-state index in [1.54, 1.807) is 78.9 Å². The van der Waals surface area contributed by atoms with Crippen molar-refractivity contribution >= 4 is 29.0 Å². The number of nitrogens with zero attached hydrogens (tertiary/aromatic N) is 2. The van der Waals surface area contributed by atoms with E-state index in [-0.39, 0.29) is 12.4 Å². The lowest BCUT2D eigenvalue weighted by molar-refractivity contribution is 0.218. The first-order chi connectivity index (χ1) is 17.5. The van der Waals surface area contributed by atoms with Crippen LogP contribution in [0.2, 0.25) is 5.02 Å². The van der Waals surface area contributed by atoms with Gasteiger partial charge in [0.2, 0.25) is 0 Å².